The van der Waals surface area contributed by atoms with Crippen LogP contribution >= 0.6 is 11.6 Å². The lowest BCUT2D eigenvalue weighted by atomic mass is 10.1. The first kappa shape index (κ1) is 20.3. The Morgan fingerprint density at radius 3 is 2.69 bits per heavy atom. The highest BCUT2D eigenvalue weighted by Gasteiger charge is 2.17. The summed E-state index contributed by atoms with van der Waals surface area (Å²) in [5, 5.41) is 7.79. The van der Waals surface area contributed by atoms with Crippen LogP contribution in [0, 0.1) is 11.8 Å². The highest BCUT2D eigenvalue weighted by atomic mass is 35.5. The Morgan fingerprint density at radius 2 is 1.97 bits per heavy atom. The number of hydrogen-bond acceptors (Lipinski definition) is 4. The van der Waals surface area contributed by atoms with Crippen LogP contribution in [0.3, 0.4) is 0 Å². The minimum Gasteiger partial charge on any atom is -0.497 e. The molecule has 2 aromatic carbocycles. The zero-order valence-electron chi connectivity index (χ0n) is 16.3. The zero-order chi connectivity index (χ0) is 20.8. The van der Waals surface area contributed by atoms with Crippen molar-refractivity contribution in [1.82, 2.24) is 15.1 Å². The molecule has 0 unspecified atom stereocenters. The average molecular weight is 410 g/mol. The second-order valence-electron chi connectivity index (χ2n) is 6.07. The van der Waals surface area contributed by atoms with Gasteiger partial charge in [0.1, 0.15) is 17.2 Å². The molecule has 0 radical (unpaired) electrons. The number of carbonyl (C=O) groups excluding carboxylic acids is 1. The summed E-state index contributed by atoms with van der Waals surface area (Å²) < 4.78 is 12.2. The van der Waals surface area contributed by atoms with Gasteiger partial charge < -0.3 is 14.8 Å². The third-order valence-electron chi connectivity index (χ3n) is 4.23. The van der Waals surface area contributed by atoms with E-state index >= 15 is 0 Å². The molecule has 7 heteroatoms. The monoisotopic (exact) mass is 409 g/mol. The van der Waals surface area contributed by atoms with E-state index in [0.717, 1.165) is 11.1 Å². The van der Waals surface area contributed by atoms with Gasteiger partial charge in [0.05, 0.1) is 31.5 Å². The van der Waals surface area contributed by atoms with Crippen molar-refractivity contribution in [3.05, 3.63) is 64.8 Å². The molecule has 0 bridgehead atoms. The molecule has 0 aliphatic carbocycles. The van der Waals surface area contributed by atoms with Crippen LogP contribution in [0.25, 0.3) is 11.3 Å². The predicted molar refractivity (Wildman–Crippen MR) is 112 cm³/mol. The van der Waals surface area contributed by atoms with Crippen LogP contribution in [-0.2, 0) is 7.05 Å². The molecular weight excluding hydrogens is 390 g/mol. The highest BCUT2D eigenvalue weighted by molar-refractivity contribution is 6.31. The lowest BCUT2D eigenvalue weighted by Crippen LogP contribution is -2.25. The topological polar surface area (TPSA) is 65.4 Å². The molecule has 3 rings (SSSR count). The average Bonchev–Trinajstić information content (AvgIpc) is 3.13. The van der Waals surface area contributed by atoms with Crippen molar-refractivity contribution in [1.29, 1.82) is 0 Å². The number of ether oxygens (including phenoxy) is 2. The number of amides is 1. The highest BCUT2D eigenvalue weighted by Crippen LogP contribution is 2.32. The summed E-state index contributed by atoms with van der Waals surface area (Å²) in [6, 6.07) is 14.4. The summed E-state index contributed by atoms with van der Waals surface area (Å²) in [7, 11) is 4.88. The van der Waals surface area contributed by atoms with Gasteiger partial charge in [0.2, 0.25) is 0 Å². The van der Waals surface area contributed by atoms with Gasteiger partial charge in [0.15, 0.2) is 0 Å². The Morgan fingerprint density at radius 1 is 1.17 bits per heavy atom. The second-order valence-corrected chi connectivity index (χ2v) is 6.48. The Bertz CT molecular complexity index is 1100. The van der Waals surface area contributed by atoms with Crippen molar-refractivity contribution < 1.29 is 14.3 Å². The smallest absolute Gasteiger partial charge is 0.270 e. The molecular formula is C22H20ClN3O3. The molecule has 1 aromatic heterocycles. The van der Waals surface area contributed by atoms with Gasteiger partial charge in [-0.15, -0.1) is 0 Å². The van der Waals surface area contributed by atoms with Gasteiger partial charge in [-0.3, -0.25) is 9.48 Å². The lowest BCUT2D eigenvalue weighted by Gasteiger charge is -2.08. The normalized spacial score (nSPS) is 10.1. The number of methoxy groups -OCH3 is 2. The van der Waals surface area contributed by atoms with E-state index < -0.39 is 0 Å². The molecule has 0 spiro atoms. The molecule has 0 fully saturated rings. The van der Waals surface area contributed by atoms with Crippen LogP contribution in [0.2, 0.25) is 5.02 Å². The maximum atomic E-state index is 12.5. The molecule has 0 saturated carbocycles. The van der Waals surface area contributed by atoms with Crippen LogP contribution in [0.1, 0.15) is 16.1 Å². The van der Waals surface area contributed by atoms with Crippen molar-refractivity contribution in [2.24, 2.45) is 7.05 Å². The summed E-state index contributed by atoms with van der Waals surface area (Å²) >= 11 is 6.07. The number of benzene rings is 2. The second kappa shape index (κ2) is 9.18. The first-order valence-electron chi connectivity index (χ1n) is 8.81. The summed E-state index contributed by atoms with van der Waals surface area (Å²) in [4.78, 5) is 12.5. The lowest BCUT2D eigenvalue weighted by molar-refractivity contribution is 0.0949. The molecule has 6 nitrogen and oxygen atoms in total. The van der Waals surface area contributed by atoms with Gasteiger partial charge in [-0.05, 0) is 36.4 Å². The summed E-state index contributed by atoms with van der Waals surface area (Å²) in [5.41, 5.74) is 2.47. The van der Waals surface area contributed by atoms with E-state index in [2.05, 4.69) is 22.3 Å². The Kier molecular flexibility index (Phi) is 6.43. The maximum absolute atomic E-state index is 12.5. The number of hydrogen-bond donors (Lipinski definition) is 1. The summed E-state index contributed by atoms with van der Waals surface area (Å²) in [6.07, 6.45) is 0. The van der Waals surface area contributed by atoms with Crippen molar-refractivity contribution in [2.75, 3.05) is 20.8 Å². The molecule has 0 aliphatic heterocycles. The first-order chi connectivity index (χ1) is 14.0. The predicted octanol–water partition coefficient (Wildman–Crippen LogP) is 3.54. The fourth-order valence-electron chi connectivity index (χ4n) is 2.74. The fourth-order valence-corrected chi connectivity index (χ4v) is 2.93. The molecule has 1 N–H and O–H groups in total. The van der Waals surface area contributed by atoms with Crippen LogP contribution in [0.15, 0.2) is 48.5 Å². The van der Waals surface area contributed by atoms with E-state index in [4.69, 9.17) is 21.1 Å². The Hall–Kier alpha value is -3.43. The van der Waals surface area contributed by atoms with E-state index in [1.165, 1.54) is 4.68 Å². The fraction of sp³-hybridized carbons (Fsp3) is 0.182. The molecule has 3 aromatic rings. The number of halogens is 1. The van der Waals surface area contributed by atoms with Gasteiger partial charge >= 0.3 is 0 Å². The molecule has 0 atom stereocenters. The number of aryl methyl sites for hydroxylation is 1. The number of aromatic nitrogens is 2. The summed E-state index contributed by atoms with van der Waals surface area (Å²) in [6.45, 7) is 0.188. The van der Waals surface area contributed by atoms with Gasteiger partial charge in [-0.25, -0.2) is 0 Å². The van der Waals surface area contributed by atoms with E-state index in [1.807, 2.05) is 24.3 Å². The number of rotatable bonds is 5. The largest absolute Gasteiger partial charge is 0.497 e. The quantitative estimate of drug-likeness (QED) is 0.654. The van der Waals surface area contributed by atoms with Gasteiger partial charge in [-0.1, -0.05) is 35.6 Å². The van der Waals surface area contributed by atoms with E-state index in [-0.39, 0.29) is 12.5 Å². The van der Waals surface area contributed by atoms with E-state index in [9.17, 15) is 4.79 Å². The Balaban J connectivity index is 1.75. The number of carbonyl (C=O) groups is 1. The number of nitrogens with zero attached hydrogens (tertiary/aromatic N) is 2. The van der Waals surface area contributed by atoms with Crippen LogP contribution in [-0.4, -0.2) is 36.5 Å². The SMILES string of the molecule is COc1ccc(OC)c(-c2cc(C(=O)NCC#Cc3ccccc3Cl)n(C)n2)c1. The maximum Gasteiger partial charge on any atom is 0.270 e. The van der Waals surface area contributed by atoms with Crippen molar-refractivity contribution in [2.45, 2.75) is 0 Å². The van der Waals surface area contributed by atoms with Gasteiger partial charge in [0.25, 0.3) is 5.91 Å². The van der Waals surface area contributed by atoms with Crippen LogP contribution < -0.4 is 14.8 Å². The van der Waals surface area contributed by atoms with Crippen molar-refractivity contribution >= 4 is 17.5 Å². The molecule has 1 amide bonds. The molecule has 1 heterocycles. The van der Waals surface area contributed by atoms with Crippen molar-refractivity contribution in [3.8, 4) is 34.6 Å². The van der Waals surface area contributed by atoms with Gasteiger partial charge in [0, 0.05) is 18.2 Å². The third kappa shape index (κ3) is 4.71. The molecule has 148 valence electrons. The van der Waals surface area contributed by atoms with Crippen LogP contribution in [0.5, 0.6) is 11.5 Å². The minimum absolute atomic E-state index is 0.188. The third-order valence-corrected chi connectivity index (χ3v) is 4.56. The Labute approximate surface area is 174 Å². The minimum atomic E-state index is -0.276. The zero-order valence-corrected chi connectivity index (χ0v) is 17.1. The van der Waals surface area contributed by atoms with E-state index in [0.29, 0.717) is 27.9 Å². The molecule has 0 aliphatic rings. The number of nitrogens with one attached hydrogen (secondary N) is 1. The molecule has 0 saturated heterocycles. The van der Waals surface area contributed by atoms with Gasteiger partial charge in [-0.2, -0.15) is 5.10 Å². The standard InChI is InChI=1S/C22H20ClN3O3/c1-26-20(22(27)24-12-6-8-15-7-4-5-9-18(15)23)14-19(25-26)17-13-16(28-2)10-11-21(17)29-3/h4-5,7,9-11,13-14H,12H2,1-3H3,(H,24,27). The summed E-state index contributed by atoms with van der Waals surface area (Å²) in [5.74, 6) is 6.88. The molecule has 29 heavy (non-hydrogen) atoms. The van der Waals surface area contributed by atoms with E-state index in [1.54, 1.807) is 45.5 Å². The first-order valence-corrected chi connectivity index (χ1v) is 9.19. The van der Waals surface area contributed by atoms with Crippen LogP contribution in [0.4, 0.5) is 0 Å². The van der Waals surface area contributed by atoms with Crippen molar-refractivity contribution in [3.63, 3.8) is 0 Å².